The van der Waals surface area contributed by atoms with E-state index in [4.69, 9.17) is 17.3 Å². The number of nitrogen functional groups attached to an aromatic ring is 1. The summed E-state index contributed by atoms with van der Waals surface area (Å²) < 4.78 is 37.7. The van der Waals surface area contributed by atoms with E-state index in [2.05, 4.69) is 5.10 Å². The van der Waals surface area contributed by atoms with Crippen LogP contribution in [0.25, 0.3) is 11.3 Å². The number of rotatable bonds is 2. The molecule has 0 saturated carbocycles. The van der Waals surface area contributed by atoms with Crippen LogP contribution in [-0.2, 0) is 9.84 Å². The first-order valence-corrected chi connectivity index (χ1v) is 8.56. The Hall–Kier alpha value is -1.60. The average Bonchev–Trinajstić information content (AvgIpc) is 2.92. The lowest BCUT2D eigenvalue weighted by Gasteiger charge is -2.10. The normalized spacial score (nSPS) is 20.8. The van der Waals surface area contributed by atoms with Gasteiger partial charge in [0.1, 0.15) is 11.6 Å². The molecule has 0 bridgehead atoms. The third kappa shape index (κ3) is 2.75. The maximum absolute atomic E-state index is 13.1. The van der Waals surface area contributed by atoms with Gasteiger partial charge in [-0.25, -0.2) is 17.5 Å². The van der Waals surface area contributed by atoms with Crippen molar-refractivity contribution in [1.29, 1.82) is 0 Å². The third-order valence-corrected chi connectivity index (χ3v) is 5.59. The van der Waals surface area contributed by atoms with Gasteiger partial charge >= 0.3 is 0 Å². The Morgan fingerprint density at radius 1 is 1.38 bits per heavy atom. The van der Waals surface area contributed by atoms with Crippen molar-refractivity contribution in [3.8, 4) is 11.3 Å². The van der Waals surface area contributed by atoms with E-state index in [1.54, 1.807) is 6.07 Å². The Morgan fingerprint density at radius 2 is 2.14 bits per heavy atom. The molecule has 1 aliphatic heterocycles. The summed E-state index contributed by atoms with van der Waals surface area (Å²) >= 11 is 6.00. The molecule has 3 rings (SSSR count). The van der Waals surface area contributed by atoms with Gasteiger partial charge in [-0.1, -0.05) is 11.6 Å². The fraction of sp³-hybridized carbons (Fsp3) is 0.308. The summed E-state index contributed by atoms with van der Waals surface area (Å²) in [5, 5.41) is 4.57. The molecule has 0 radical (unpaired) electrons. The molecule has 2 N–H and O–H groups in total. The van der Waals surface area contributed by atoms with Gasteiger partial charge in [0.05, 0.1) is 28.3 Å². The van der Waals surface area contributed by atoms with Crippen molar-refractivity contribution >= 4 is 27.3 Å². The Balaban J connectivity index is 1.98. The molecule has 1 aromatic heterocycles. The maximum Gasteiger partial charge on any atom is 0.152 e. The second-order valence-electron chi connectivity index (χ2n) is 5.08. The molecular weight excluding hydrogens is 317 g/mol. The monoisotopic (exact) mass is 329 g/mol. The van der Waals surface area contributed by atoms with E-state index >= 15 is 0 Å². The molecule has 0 spiro atoms. The molecule has 0 amide bonds. The van der Waals surface area contributed by atoms with Gasteiger partial charge in [0.15, 0.2) is 9.84 Å². The molecule has 1 fully saturated rings. The zero-order valence-corrected chi connectivity index (χ0v) is 12.5. The van der Waals surface area contributed by atoms with Crippen LogP contribution in [0.5, 0.6) is 0 Å². The van der Waals surface area contributed by atoms with Crippen LogP contribution in [-0.4, -0.2) is 29.7 Å². The molecule has 2 heterocycles. The van der Waals surface area contributed by atoms with Gasteiger partial charge in [-0.15, -0.1) is 0 Å². The number of nitrogens with zero attached hydrogens (tertiary/aromatic N) is 2. The zero-order chi connectivity index (χ0) is 15.2. The highest BCUT2D eigenvalue weighted by atomic mass is 35.5. The first-order chi connectivity index (χ1) is 9.85. The van der Waals surface area contributed by atoms with Gasteiger partial charge in [-0.05, 0) is 24.6 Å². The molecule has 112 valence electrons. The first-order valence-electron chi connectivity index (χ1n) is 6.36. The largest absolute Gasteiger partial charge is 0.384 e. The van der Waals surface area contributed by atoms with E-state index in [1.807, 2.05) is 0 Å². The summed E-state index contributed by atoms with van der Waals surface area (Å²) in [6.45, 7) is 0. The van der Waals surface area contributed by atoms with Crippen LogP contribution >= 0.6 is 11.6 Å². The van der Waals surface area contributed by atoms with Crippen molar-refractivity contribution in [1.82, 2.24) is 9.78 Å². The van der Waals surface area contributed by atoms with E-state index in [1.165, 1.54) is 22.9 Å². The summed E-state index contributed by atoms with van der Waals surface area (Å²) in [7, 11) is -3.02. The summed E-state index contributed by atoms with van der Waals surface area (Å²) in [6, 6.07) is 5.37. The van der Waals surface area contributed by atoms with Crippen molar-refractivity contribution in [2.24, 2.45) is 0 Å². The van der Waals surface area contributed by atoms with Crippen LogP contribution in [0.15, 0.2) is 24.3 Å². The number of benzene rings is 1. The van der Waals surface area contributed by atoms with Gasteiger partial charge in [0.25, 0.3) is 0 Å². The average molecular weight is 330 g/mol. The summed E-state index contributed by atoms with van der Waals surface area (Å²) in [5.74, 6) is 0.115. The number of hydrogen-bond donors (Lipinski definition) is 1. The zero-order valence-electron chi connectivity index (χ0n) is 11.0. The highest BCUT2D eigenvalue weighted by Gasteiger charge is 2.31. The minimum atomic E-state index is -3.02. The molecule has 5 nitrogen and oxygen atoms in total. The van der Waals surface area contributed by atoms with E-state index < -0.39 is 15.7 Å². The molecule has 1 aliphatic rings. The Bertz CT molecular complexity index is 804. The van der Waals surface area contributed by atoms with Crippen molar-refractivity contribution in [3.63, 3.8) is 0 Å². The molecule has 8 heteroatoms. The van der Waals surface area contributed by atoms with Crippen molar-refractivity contribution in [2.45, 2.75) is 12.5 Å². The summed E-state index contributed by atoms with van der Waals surface area (Å²) in [5.41, 5.74) is 6.98. The molecule has 1 atom stereocenters. The number of halogens is 2. The maximum atomic E-state index is 13.1. The number of aromatic nitrogens is 2. The van der Waals surface area contributed by atoms with Crippen LogP contribution in [0.1, 0.15) is 12.5 Å². The fourth-order valence-electron chi connectivity index (χ4n) is 2.50. The quantitative estimate of drug-likeness (QED) is 0.917. The van der Waals surface area contributed by atoms with Gasteiger partial charge in [-0.3, -0.25) is 0 Å². The molecular formula is C13H13ClFN3O2S. The van der Waals surface area contributed by atoms with Crippen LogP contribution in [0.3, 0.4) is 0 Å². The van der Waals surface area contributed by atoms with Crippen molar-refractivity contribution in [3.05, 3.63) is 35.1 Å². The minimum Gasteiger partial charge on any atom is -0.384 e. The molecule has 1 saturated heterocycles. The van der Waals surface area contributed by atoms with Crippen LogP contribution in [0, 0.1) is 5.82 Å². The van der Waals surface area contributed by atoms with Gasteiger partial charge in [-0.2, -0.15) is 5.10 Å². The van der Waals surface area contributed by atoms with Gasteiger partial charge in [0.2, 0.25) is 0 Å². The van der Waals surface area contributed by atoms with Crippen LogP contribution < -0.4 is 5.73 Å². The second kappa shape index (κ2) is 4.99. The van der Waals surface area contributed by atoms with Crippen LogP contribution in [0.2, 0.25) is 5.02 Å². The predicted molar refractivity (Wildman–Crippen MR) is 79.4 cm³/mol. The lowest BCUT2D eigenvalue weighted by atomic mass is 10.1. The van der Waals surface area contributed by atoms with Gasteiger partial charge in [0, 0.05) is 11.6 Å². The Morgan fingerprint density at radius 3 is 2.76 bits per heavy atom. The lowest BCUT2D eigenvalue weighted by Crippen LogP contribution is -2.14. The number of anilines is 1. The smallest absolute Gasteiger partial charge is 0.152 e. The minimum absolute atomic E-state index is 0.0372. The summed E-state index contributed by atoms with van der Waals surface area (Å²) in [4.78, 5) is 0. The predicted octanol–water partition coefficient (Wildman–Crippen LogP) is 2.28. The third-order valence-electron chi connectivity index (χ3n) is 3.53. The first kappa shape index (κ1) is 14.3. The topological polar surface area (TPSA) is 78.0 Å². The van der Waals surface area contributed by atoms with E-state index in [9.17, 15) is 12.8 Å². The SMILES string of the molecule is Nc1cc(-c2ccc(F)cc2Cl)nn1C1CCS(=O)(=O)C1. The van der Waals surface area contributed by atoms with E-state index in [-0.39, 0.29) is 22.6 Å². The Kier molecular flexibility index (Phi) is 3.41. The fourth-order valence-corrected chi connectivity index (χ4v) is 4.45. The van der Waals surface area contributed by atoms with Crippen molar-refractivity contribution in [2.75, 3.05) is 17.2 Å². The highest BCUT2D eigenvalue weighted by molar-refractivity contribution is 7.91. The number of nitrogens with two attached hydrogens (primary N) is 1. The summed E-state index contributed by atoms with van der Waals surface area (Å²) in [6.07, 6.45) is 0.491. The highest BCUT2D eigenvalue weighted by Crippen LogP contribution is 2.32. The van der Waals surface area contributed by atoms with Crippen LogP contribution in [0.4, 0.5) is 10.2 Å². The molecule has 2 aromatic rings. The standard InChI is InChI=1S/C13H13ClFN3O2S/c14-11-5-8(15)1-2-10(11)12-6-13(16)18(17-12)9-3-4-21(19,20)7-9/h1-2,5-6,9H,3-4,7,16H2. The number of hydrogen-bond acceptors (Lipinski definition) is 4. The molecule has 1 unspecified atom stereocenters. The second-order valence-corrected chi connectivity index (χ2v) is 7.72. The van der Waals surface area contributed by atoms with Gasteiger partial charge < -0.3 is 5.73 Å². The van der Waals surface area contributed by atoms with Crippen molar-refractivity contribution < 1.29 is 12.8 Å². The molecule has 21 heavy (non-hydrogen) atoms. The van der Waals surface area contributed by atoms with E-state index in [0.29, 0.717) is 23.5 Å². The molecule has 0 aliphatic carbocycles. The Labute approximate surface area is 126 Å². The van der Waals surface area contributed by atoms with E-state index in [0.717, 1.165) is 0 Å². The number of sulfone groups is 1. The lowest BCUT2D eigenvalue weighted by molar-refractivity contribution is 0.508. The molecule has 1 aromatic carbocycles.